The molecule has 0 saturated carbocycles. The fraction of sp³-hybridized carbons (Fsp3) is 0.133. The van der Waals surface area contributed by atoms with Crippen molar-refractivity contribution >= 4 is 5.97 Å². The van der Waals surface area contributed by atoms with Crippen molar-refractivity contribution in [1.29, 1.82) is 0 Å². The fourth-order valence-corrected chi connectivity index (χ4v) is 1.95. The lowest BCUT2D eigenvalue weighted by molar-refractivity contribution is -0.274. The number of carboxylic acid groups (broad SMARTS) is 1. The first-order valence-corrected chi connectivity index (χ1v) is 6.08. The summed E-state index contributed by atoms with van der Waals surface area (Å²) in [5, 5.41) is 9.02. The largest absolute Gasteiger partial charge is 0.573 e. The molecule has 0 amide bonds. The molecule has 0 aromatic heterocycles. The van der Waals surface area contributed by atoms with Gasteiger partial charge < -0.3 is 14.6 Å². The van der Waals surface area contributed by atoms with Gasteiger partial charge in [-0.2, -0.15) is 0 Å². The number of benzene rings is 2. The Morgan fingerprint density at radius 1 is 1.05 bits per heavy atom. The summed E-state index contributed by atoms with van der Waals surface area (Å²) >= 11 is 0. The first-order valence-electron chi connectivity index (χ1n) is 6.08. The third-order valence-corrected chi connectivity index (χ3v) is 2.85. The van der Waals surface area contributed by atoms with E-state index in [-0.39, 0.29) is 22.4 Å². The van der Waals surface area contributed by atoms with Gasteiger partial charge >= 0.3 is 12.3 Å². The topological polar surface area (TPSA) is 55.8 Å². The zero-order valence-corrected chi connectivity index (χ0v) is 11.3. The average Bonchev–Trinajstić information content (AvgIpc) is 2.45. The minimum absolute atomic E-state index is 0.0717. The lowest BCUT2D eigenvalue weighted by Gasteiger charge is -2.15. The van der Waals surface area contributed by atoms with Gasteiger partial charge in [-0.1, -0.05) is 18.2 Å². The van der Waals surface area contributed by atoms with Crippen LogP contribution in [0, 0.1) is 0 Å². The molecule has 2 aromatic carbocycles. The molecule has 2 rings (SSSR count). The van der Waals surface area contributed by atoms with Crippen LogP contribution >= 0.6 is 0 Å². The van der Waals surface area contributed by atoms with Crippen LogP contribution in [0.1, 0.15) is 10.4 Å². The molecule has 4 nitrogen and oxygen atoms in total. The molecule has 7 heteroatoms. The van der Waals surface area contributed by atoms with Gasteiger partial charge in [0.2, 0.25) is 0 Å². The van der Waals surface area contributed by atoms with Crippen LogP contribution in [0.5, 0.6) is 11.5 Å². The second-order valence-corrected chi connectivity index (χ2v) is 4.26. The maximum atomic E-state index is 12.5. The highest BCUT2D eigenvalue weighted by Crippen LogP contribution is 2.38. The molecule has 0 spiro atoms. The summed E-state index contributed by atoms with van der Waals surface area (Å²) in [6, 6.07) is 9.37. The molecule has 2 aromatic rings. The van der Waals surface area contributed by atoms with Gasteiger partial charge in [0, 0.05) is 11.1 Å². The highest BCUT2D eigenvalue weighted by atomic mass is 19.4. The maximum Gasteiger partial charge on any atom is 0.573 e. The quantitative estimate of drug-likeness (QED) is 0.928. The molecule has 0 saturated heterocycles. The predicted molar refractivity (Wildman–Crippen MR) is 72.1 cm³/mol. The molecule has 0 radical (unpaired) electrons. The fourth-order valence-electron chi connectivity index (χ4n) is 1.95. The predicted octanol–water partition coefficient (Wildman–Crippen LogP) is 3.96. The zero-order valence-electron chi connectivity index (χ0n) is 11.3. The molecule has 0 aliphatic heterocycles. The number of methoxy groups -OCH3 is 1. The van der Waals surface area contributed by atoms with Gasteiger partial charge in [0.05, 0.1) is 12.7 Å². The number of ether oxygens (including phenoxy) is 2. The molecule has 1 N–H and O–H groups in total. The van der Waals surface area contributed by atoms with E-state index in [2.05, 4.69) is 4.74 Å². The summed E-state index contributed by atoms with van der Waals surface area (Å²) in [6.45, 7) is 0. The number of carboxylic acids is 1. The van der Waals surface area contributed by atoms with E-state index in [1.54, 1.807) is 0 Å². The van der Waals surface area contributed by atoms with Crippen molar-refractivity contribution in [3.8, 4) is 22.6 Å². The van der Waals surface area contributed by atoms with Gasteiger partial charge in [-0.3, -0.25) is 0 Å². The Morgan fingerprint density at radius 3 is 2.32 bits per heavy atom. The van der Waals surface area contributed by atoms with Crippen molar-refractivity contribution in [3.05, 3.63) is 48.0 Å². The zero-order chi connectivity index (χ0) is 16.3. The molecule has 0 aliphatic rings. The molecule has 0 unspecified atom stereocenters. The first kappa shape index (κ1) is 15.7. The normalized spacial score (nSPS) is 11.1. The third-order valence-electron chi connectivity index (χ3n) is 2.85. The molecular weight excluding hydrogens is 301 g/mol. The molecule has 0 heterocycles. The Bertz CT molecular complexity index is 695. The van der Waals surface area contributed by atoms with Gasteiger partial charge in [0.25, 0.3) is 0 Å². The van der Waals surface area contributed by atoms with Crippen LogP contribution in [0.3, 0.4) is 0 Å². The first-order chi connectivity index (χ1) is 10.3. The highest BCUT2D eigenvalue weighted by molar-refractivity contribution is 5.91. The maximum absolute atomic E-state index is 12.5. The highest BCUT2D eigenvalue weighted by Gasteiger charge is 2.32. The third kappa shape index (κ3) is 3.49. The molecular formula is C15H11F3O4. The lowest BCUT2D eigenvalue weighted by Crippen LogP contribution is -2.17. The number of hydrogen-bond acceptors (Lipinski definition) is 3. The Balaban J connectivity index is 2.60. The summed E-state index contributed by atoms with van der Waals surface area (Å²) in [7, 11) is 1.34. The monoisotopic (exact) mass is 312 g/mol. The van der Waals surface area contributed by atoms with Crippen LogP contribution < -0.4 is 9.47 Å². The summed E-state index contributed by atoms with van der Waals surface area (Å²) in [4.78, 5) is 11.0. The van der Waals surface area contributed by atoms with Crippen molar-refractivity contribution in [1.82, 2.24) is 0 Å². The number of carbonyl (C=O) groups is 1. The van der Waals surface area contributed by atoms with Crippen molar-refractivity contribution in [2.45, 2.75) is 6.36 Å². The van der Waals surface area contributed by atoms with Crippen LogP contribution in [-0.4, -0.2) is 24.5 Å². The molecule has 0 atom stereocenters. The standard InChI is InChI=1S/C15H11F3O4/c1-21-12-7-6-9(14(19)20)8-11(12)10-4-2-3-5-13(10)22-15(16,17)18/h2-8H,1H3,(H,19,20). The van der Waals surface area contributed by atoms with Crippen LogP contribution in [0.4, 0.5) is 13.2 Å². The number of alkyl halides is 3. The number of para-hydroxylation sites is 1. The van der Waals surface area contributed by atoms with Gasteiger partial charge in [-0.05, 0) is 24.3 Å². The van der Waals surface area contributed by atoms with Crippen molar-refractivity contribution in [3.63, 3.8) is 0 Å². The summed E-state index contributed by atoms with van der Waals surface area (Å²) in [5.74, 6) is -1.39. The minimum Gasteiger partial charge on any atom is -0.496 e. The Morgan fingerprint density at radius 2 is 1.73 bits per heavy atom. The number of aromatic carboxylic acids is 1. The van der Waals surface area contributed by atoms with Crippen LogP contribution in [0.15, 0.2) is 42.5 Å². The second-order valence-electron chi connectivity index (χ2n) is 4.26. The Labute approximate surface area is 123 Å². The average molecular weight is 312 g/mol. The van der Waals surface area contributed by atoms with Crippen LogP contribution in [0.25, 0.3) is 11.1 Å². The molecule has 0 fully saturated rings. The SMILES string of the molecule is COc1ccc(C(=O)O)cc1-c1ccccc1OC(F)(F)F. The lowest BCUT2D eigenvalue weighted by atomic mass is 10.0. The van der Waals surface area contributed by atoms with E-state index >= 15 is 0 Å². The van der Waals surface area contributed by atoms with E-state index < -0.39 is 18.1 Å². The molecule has 0 bridgehead atoms. The Hall–Kier alpha value is -2.70. The minimum atomic E-state index is -4.85. The summed E-state index contributed by atoms with van der Waals surface area (Å²) in [6.07, 6.45) is -4.85. The number of rotatable bonds is 4. The van der Waals surface area contributed by atoms with Crippen molar-refractivity contribution in [2.75, 3.05) is 7.11 Å². The second kappa shape index (κ2) is 5.97. The van der Waals surface area contributed by atoms with E-state index in [4.69, 9.17) is 9.84 Å². The summed E-state index contributed by atoms with van der Waals surface area (Å²) < 4.78 is 46.5. The van der Waals surface area contributed by atoms with Crippen molar-refractivity contribution in [2.24, 2.45) is 0 Å². The van der Waals surface area contributed by atoms with Gasteiger partial charge in [-0.25, -0.2) is 4.79 Å². The Kier molecular flexibility index (Phi) is 4.25. The van der Waals surface area contributed by atoms with E-state index in [1.807, 2.05) is 0 Å². The van der Waals surface area contributed by atoms with Crippen LogP contribution in [-0.2, 0) is 0 Å². The number of hydrogen-bond donors (Lipinski definition) is 1. The molecule has 22 heavy (non-hydrogen) atoms. The van der Waals surface area contributed by atoms with Crippen molar-refractivity contribution < 1.29 is 32.5 Å². The summed E-state index contributed by atoms with van der Waals surface area (Å²) in [5.41, 5.74) is 0.208. The van der Waals surface area contributed by atoms with E-state index in [0.29, 0.717) is 0 Å². The molecule has 116 valence electrons. The van der Waals surface area contributed by atoms with Gasteiger partial charge in [-0.15, -0.1) is 13.2 Å². The molecule has 0 aliphatic carbocycles. The van der Waals surface area contributed by atoms with Crippen LogP contribution in [0.2, 0.25) is 0 Å². The van der Waals surface area contributed by atoms with E-state index in [9.17, 15) is 18.0 Å². The van der Waals surface area contributed by atoms with E-state index in [0.717, 1.165) is 6.07 Å². The van der Waals surface area contributed by atoms with Gasteiger partial charge in [0.1, 0.15) is 11.5 Å². The smallest absolute Gasteiger partial charge is 0.496 e. The number of halogens is 3. The van der Waals surface area contributed by atoms with Gasteiger partial charge in [0.15, 0.2) is 0 Å². The van der Waals surface area contributed by atoms with E-state index in [1.165, 1.54) is 43.5 Å².